The van der Waals surface area contributed by atoms with E-state index in [-0.39, 0.29) is 5.41 Å². The van der Waals surface area contributed by atoms with Crippen molar-refractivity contribution in [2.45, 2.75) is 64.4 Å². The van der Waals surface area contributed by atoms with Crippen molar-refractivity contribution in [3.63, 3.8) is 0 Å². The maximum atomic E-state index is 4.75. The number of benzene rings is 1. The van der Waals surface area contributed by atoms with Crippen LogP contribution in [0.5, 0.6) is 0 Å². The highest BCUT2D eigenvalue weighted by Crippen LogP contribution is 2.65. The van der Waals surface area contributed by atoms with E-state index < -0.39 is 0 Å². The van der Waals surface area contributed by atoms with Crippen LogP contribution in [0.25, 0.3) is 11.8 Å². The number of fused-ring (bicyclic) bond motifs is 2. The lowest BCUT2D eigenvalue weighted by Gasteiger charge is -2.44. The first-order valence-corrected chi connectivity index (χ1v) is 12.8. The average Bonchev–Trinajstić information content (AvgIpc) is 3.24. The van der Waals surface area contributed by atoms with Crippen molar-refractivity contribution in [1.82, 2.24) is 9.78 Å². The summed E-state index contributed by atoms with van der Waals surface area (Å²) in [4.78, 5) is 0. The number of allylic oxidation sites excluding steroid dienone is 1. The lowest BCUT2D eigenvalue weighted by atomic mass is 9.74. The molecule has 2 nitrogen and oxygen atoms in total. The molecule has 1 aromatic carbocycles. The number of thioether (sulfide) groups is 2. The van der Waals surface area contributed by atoms with E-state index in [9.17, 15) is 0 Å². The average molecular weight is 415 g/mol. The highest BCUT2D eigenvalue weighted by Gasteiger charge is 2.56. The molecule has 1 saturated carbocycles. The Labute approximate surface area is 179 Å². The van der Waals surface area contributed by atoms with Gasteiger partial charge in [-0.15, -0.1) is 23.5 Å². The first kappa shape index (κ1) is 21.6. The molecule has 0 saturated heterocycles. The monoisotopic (exact) mass is 414 g/mol. The molecule has 28 heavy (non-hydrogen) atoms. The molecule has 2 atom stereocenters. The third-order valence-corrected chi connectivity index (χ3v) is 10.1. The SMILES string of the molecule is CC.CCCSC1(SC)CCC2=Cc3c(cnn3-c3ccc(C)cc3)C[C@@]21C. The van der Waals surface area contributed by atoms with Gasteiger partial charge in [0, 0.05) is 5.41 Å². The molecule has 1 unspecified atom stereocenters. The predicted molar refractivity (Wildman–Crippen MR) is 128 cm³/mol. The van der Waals surface area contributed by atoms with Gasteiger partial charge in [-0.1, -0.05) is 51.0 Å². The van der Waals surface area contributed by atoms with Crippen molar-refractivity contribution >= 4 is 29.6 Å². The van der Waals surface area contributed by atoms with Gasteiger partial charge >= 0.3 is 0 Å². The van der Waals surface area contributed by atoms with Crippen LogP contribution in [0, 0.1) is 12.3 Å². The molecule has 0 N–H and O–H groups in total. The van der Waals surface area contributed by atoms with E-state index in [1.807, 2.05) is 13.8 Å². The molecule has 2 aliphatic rings. The normalized spacial score (nSPS) is 25.4. The molecule has 0 aliphatic heterocycles. The maximum absolute atomic E-state index is 4.75. The Morgan fingerprint density at radius 3 is 2.54 bits per heavy atom. The van der Waals surface area contributed by atoms with E-state index in [0.717, 1.165) is 12.1 Å². The molecule has 0 radical (unpaired) electrons. The fraction of sp³-hybridized carbons (Fsp3) is 0.542. The lowest BCUT2D eigenvalue weighted by molar-refractivity contribution is 0.393. The van der Waals surface area contributed by atoms with Crippen LogP contribution in [-0.2, 0) is 6.42 Å². The predicted octanol–water partition coefficient (Wildman–Crippen LogP) is 7.15. The van der Waals surface area contributed by atoms with Crippen LogP contribution in [0.15, 0.2) is 36.0 Å². The molecule has 2 aromatic rings. The molecule has 0 bridgehead atoms. The van der Waals surface area contributed by atoms with Gasteiger partial charge in [-0.2, -0.15) is 5.10 Å². The van der Waals surface area contributed by atoms with Crippen LogP contribution >= 0.6 is 23.5 Å². The minimum atomic E-state index is 0.237. The van der Waals surface area contributed by atoms with Crippen molar-refractivity contribution in [2.24, 2.45) is 5.41 Å². The number of rotatable bonds is 5. The second kappa shape index (κ2) is 8.71. The van der Waals surface area contributed by atoms with Gasteiger partial charge in [0.15, 0.2) is 0 Å². The van der Waals surface area contributed by atoms with Crippen molar-refractivity contribution in [3.8, 4) is 5.69 Å². The zero-order valence-electron chi connectivity index (χ0n) is 18.2. The standard InChI is InChI=1S/C22H28N2S2.C2H6/c1-5-12-26-22(25-4)11-10-18-13-20-17(14-21(18,22)3)15-23-24(20)19-8-6-16(2)7-9-19;1-2/h6-9,13,15H,5,10-12,14H2,1-4H3;1-2H3/t21-,22?;/m0./s1. The molecule has 4 heteroatoms. The summed E-state index contributed by atoms with van der Waals surface area (Å²) in [6.45, 7) is 10.9. The van der Waals surface area contributed by atoms with Crippen molar-refractivity contribution in [3.05, 3.63) is 52.9 Å². The number of nitrogens with zero attached hydrogens (tertiary/aromatic N) is 2. The Morgan fingerprint density at radius 1 is 1.18 bits per heavy atom. The van der Waals surface area contributed by atoms with Gasteiger partial charge in [0.25, 0.3) is 0 Å². The Hall–Kier alpha value is -1.13. The number of hydrogen-bond acceptors (Lipinski definition) is 3. The van der Waals surface area contributed by atoms with Gasteiger partial charge in [0.1, 0.15) is 0 Å². The van der Waals surface area contributed by atoms with E-state index in [2.05, 4.69) is 91.8 Å². The molecule has 4 rings (SSSR count). The highest BCUT2D eigenvalue weighted by atomic mass is 32.2. The fourth-order valence-electron chi connectivity index (χ4n) is 4.58. The Kier molecular flexibility index (Phi) is 6.71. The Balaban J connectivity index is 0.00000109. The van der Waals surface area contributed by atoms with E-state index in [1.165, 1.54) is 41.8 Å². The van der Waals surface area contributed by atoms with Crippen LogP contribution in [0.4, 0.5) is 0 Å². The molecule has 0 spiro atoms. The first-order valence-electron chi connectivity index (χ1n) is 10.6. The quantitative estimate of drug-likeness (QED) is 0.484. The molecule has 1 heterocycles. The second-order valence-corrected chi connectivity index (χ2v) is 10.5. The molecule has 1 aromatic heterocycles. The minimum absolute atomic E-state index is 0.237. The van der Waals surface area contributed by atoms with Crippen LogP contribution in [0.2, 0.25) is 0 Å². The number of aryl methyl sites for hydroxylation is 1. The zero-order chi connectivity index (χ0) is 20.4. The second-order valence-electron chi connectivity index (χ2n) is 7.79. The Morgan fingerprint density at radius 2 is 1.89 bits per heavy atom. The van der Waals surface area contributed by atoms with Crippen LogP contribution in [0.1, 0.15) is 63.8 Å². The zero-order valence-corrected chi connectivity index (χ0v) is 19.8. The smallest absolute Gasteiger partial charge is 0.0704 e. The fourth-order valence-corrected chi connectivity index (χ4v) is 7.56. The number of aromatic nitrogens is 2. The summed E-state index contributed by atoms with van der Waals surface area (Å²) in [6, 6.07) is 8.68. The highest BCUT2D eigenvalue weighted by molar-refractivity contribution is 8.18. The number of hydrogen-bond donors (Lipinski definition) is 0. The van der Waals surface area contributed by atoms with Crippen LogP contribution < -0.4 is 0 Å². The van der Waals surface area contributed by atoms with Gasteiger partial charge < -0.3 is 0 Å². The largest absolute Gasteiger partial charge is 0.233 e. The van der Waals surface area contributed by atoms with Crippen LogP contribution in [0.3, 0.4) is 0 Å². The van der Waals surface area contributed by atoms with Crippen molar-refractivity contribution in [1.29, 1.82) is 0 Å². The third kappa shape index (κ3) is 3.47. The summed E-state index contributed by atoms with van der Waals surface area (Å²) in [5.74, 6) is 1.25. The third-order valence-electron chi connectivity index (χ3n) is 6.16. The maximum Gasteiger partial charge on any atom is 0.0704 e. The summed E-state index contributed by atoms with van der Waals surface area (Å²) < 4.78 is 2.43. The van der Waals surface area contributed by atoms with Crippen molar-refractivity contribution < 1.29 is 0 Å². The molecule has 2 aliphatic carbocycles. The van der Waals surface area contributed by atoms with Crippen molar-refractivity contribution in [2.75, 3.05) is 12.0 Å². The molecular weight excluding hydrogens is 380 g/mol. The van der Waals surface area contributed by atoms with Gasteiger partial charge in [-0.3, -0.25) is 0 Å². The van der Waals surface area contributed by atoms with Gasteiger partial charge in [-0.05, 0) is 68.4 Å². The summed E-state index contributed by atoms with van der Waals surface area (Å²) in [7, 11) is 0. The molecule has 1 fully saturated rings. The lowest BCUT2D eigenvalue weighted by Crippen LogP contribution is -2.40. The van der Waals surface area contributed by atoms with E-state index in [1.54, 1.807) is 5.57 Å². The summed E-state index contributed by atoms with van der Waals surface area (Å²) in [5, 5.41) is 4.75. The molecule has 152 valence electrons. The summed E-state index contributed by atoms with van der Waals surface area (Å²) >= 11 is 4.27. The topological polar surface area (TPSA) is 17.8 Å². The van der Waals surface area contributed by atoms with E-state index in [0.29, 0.717) is 4.08 Å². The van der Waals surface area contributed by atoms with Gasteiger partial charge in [0.2, 0.25) is 0 Å². The summed E-state index contributed by atoms with van der Waals surface area (Å²) in [5.41, 5.74) is 6.99. The molecular formula is C24H34N2S2. The Bertz CT molecular complexity index is 837. The first-order chi connectivity index (χ1) is 13.5. The minimum Gasteiger partial charge on any atom is -0.233 e. The van der Waals surface area contributed by atoms with Gasteiger partial charge in [-0.25, -0.2) is 4.68 Å². The van der Waals surface area contributed by atoms with Crippen LogP contribution in [-0.4, -0.2) is 25.9 Å². The van der Waals surface area contributed by atoms with E-state index in [4.69, 9.17) is 5.10 Å². The summed E-state index contributed by atoms with van der Waals surface area (Å²) in [6.07, 6.45) is 11.7. The van der Waals surface area contributed by atoms with Gasteiger partial charge in [0.05, 0.1) is 21.7 Å². The van der Waals surface area contributed by atoms with E-state index >= 15 is 0 Å². The molecule has 0 amide bonds.